The van der Waals surface area contributed by atoms with E-state index in [0.717, 1.165) is 5.57 Å². The normalized spacial score (nSPS) is 14.7. The summed E-state index contributed by atoms with van der Waals surface area (Å²) in [6.07, 6.45) is 7.20. The van der Waals surface area contributed by atoms with Crippen LogP contribution < -0.4 is 15.4 Å². The van der Waals surface area contributed by atoms with E-state index >= 15 is 0 Å². The van der Waals surface area contributed by atoms with Gasteiger partial charge < -0.3 is 15.4 Å². The molecule has 1 saturated carbocycles. The summed E-state index contributed by atoms with van der Waals surface area (Å²) in [4.78, 5) is 35.0. The van der Waals surface area contributed by atoms with Gasteiger partial charge in [-0.25, -0.2) is 0 Å². The number of nitrogens with one attached hydrogen (secondary N) is 2. The van der Waals surface area contributed by atoms with Crippen molar-refractivity contribution in [3.05, 3.63) is 41.5 Å². The lowest BCUT2D eigenvalue weighted by atomic mass is 9.99. The first-order valence-electron chi connectivity index (χ1n) is 9.48. The number of carbonyl (C=O) groups excluding carboxylic acids is 3. The summed E-state index contributed by atoms with van der Waals surface area (Å²) in [6, 6.07) is 6.46. The van der Waals surface area contributed by atoms with E-state index in [0.29, 0.717) is 36.7 Å². The third-order valence-electron chi connectivity index (χ3n) is 4.65. The van der Waals surface area contributed by atoms with E-state index in [1.54, 1.807) is 24.3 Å². The number of rotatable bonds is 8. The van der Waals surface area contributed by atoms with Crippen molar-refractivity contribution >= 4 is 17.8 Å². The Morgan fingerprint density at radius 3 is 2.52 bits per heavy atom. The van der Waals surface area contributed by atoms with Crippen molar-refractivity contribution < 1.29 is 19.1 Å². The fourth-order valence-corrected chi connectivity index (χ4v) is 3.23. The van der Waals surface area contributed by atoms with Gasteiger partial charge in [-0.2, -0.15) is 0 Å². The topological polar surface area (TPSA) is 84.5 Å². The molecular weight excluding hydrogens is 344 g/mol. The Balaban J connectivity index is 1.67. The SMILES string of the molecule is CC(=O)Oc1cccc(C(=O)NCCCNC(=O)/C=C(\C)C2CCCC2)c1. The summed E-state index contributed by atoms with van der Waals surface area (Å²) < 4.78 is 4.97. The molecule has 0 atom stereocenters. The molecule has 1 aromatic carbocycles. The van der Waals surface area contributed by atoms with Gasteiger partial charge in [-0.3, -0.25) is 14.4 Å². The number of hydrogen-bond acceptors (Lipinski definition) is 4. The smallest absolute Gasteiger partial charge is 0.308 e. The van der Waals surface area contributed by atoms with E-state index in [1.807, 2.05) is 6.92 Å². The fraction of sp³-hybridized carbons (Fsp3) is 0.476. The monoisotopic (exact) mass is 372 g/mol. The molecule has 1 aliphatic carbocycles. The molecule has 27 heavy (non-hydrogen) atoms. The van der Waals surface area contributed by atoms with Crippen molar-refractivity contribution in [1.29, 1.82) is 0 Å². The van der Waals surface area contributed by atoms with Crippen LogP contribution in [0.2, 0.25) is 0 Å². The maximum Gasteiger partial charge on any atom is 0.308 e. The molecule has 0 saturated heterocycles. The fourth-order valence-electron chi connectivity index (χ4n) is 3.23. The van der Waals surface area contributed by atoms with Crippen LogP contribution in [0.5, 0.6) is 5.75 Å². The van der Waals surface area contributed by atoms with Gasteiger partial charge in [-0.15, -0.1) is 0 Å². The second kappa shape index (κ2) is 10.5. The highest BCUT2D eigenvalue weighted by Gasteiger charge is 2.17. The van der Waals surface area contributed by atoms with Gasteiger partial charge in [0.15, 0.2) is 0 Å². The lowest BCUT2D eigenvalue weighted by Gasteiger charge is -2.10. The lowest BCUT2D eigenvalue weighted by Crippen LogP contribution is -2.29. The Labute approximate surface area is 160 Å². The zero-order chi connectivity index (χ0) is 19.6. The van der Waals surface area contributed by atoms with E-state index in [2.05, 4.69) is 10.6 Å². The van der Waals surface area contributed by atoms with Crippen LogP contribution in [0.4, 0.5) is 0 Å². The van der Waals surface area contributed by atoms with E-state index in [1.165, 1.54) is 38.7 Å². The quantitative estimate of drug-likeness (QED) is 0.318. The van der Waals surface area contributed by atoms with Crippen LogP contribution in [0, 0.1) is 5.92 Å². The van der Waals surface area contributed by atoms with Crippen molar-refractivity contribution in [1.82, 2.24) is 10.6 Å². The molecule has 0 radical (unpaired) electrons. The van der Waals surface area contributed by atoms with Crippen molar-refractivity contribution in [2.24, 2.45) is 5.92 Å². The van der Waals surface area contributed by atoms with Crippen molar-refractivity contribution in [3.8, 4) is 5.75 Å². The lowest BCUT2D eigenvalue weighted by molar-refractivity contribution is -0.131. The van der Waals surface area contributed by atoms with Crippen LogP contribution in [0.3, 0.4) is 0 Å². The Morgan fingerprint density at radius 1 is 1.11 bits per heavy atom. The first kappa shape index (κ1) is 20.7. The van der Waals surface area contributed by atoms with Gasteiger partial charge in [0.1, 0.15) is 5.75 Å². The molecule has 146 valence electrons. The highest BCUT2D eigenvalue weighted by molar-refractivity contribution is 5.94. The minimum Gasteiger partial charge on any atom is -0.427 e. The van der Waals surface area contributed by atoms with E-state index in [4.69, 9.17) is 4.74 Å². The summed E-state index contributed by atoms with van der Waals surface area (Å²) in [5.41, 5.74) is 1.58. The third-order valence-corrected chi connectivity index (χ3v) is 4.65. The van der Waals surface area contributed by atoms with Gasteiger partial charge in [0.05, 0.1) is 0 Å². The summed E-state index contributed by atoms with van der Waals surface area (Å²) >= 11 is 0. The molecule has 0 unspecified atom stereocenters. The highest BCUT2D eigenvalue weighted by Crippen LogP contribution is 2.30. The van der Waals surface area contributed by atoms with E-state index < -0.39 is 5.97 Å². The van der Waals surface area contributed by atoms with Crippen molar-refractivity contribution in [2.45, 2.75) is 46.0 Å². The van der Waals surface area contributed by atoms with Crippen LogP contribution >= 0.6 is 0 Å². The molecule has 0 bridgehead atoms. The largest absolute Gasteiger partial charge is 0.427 e. The molecule has 0 spiro atoms. The molecule has 6 heteroatoms. The molecular formula is C21H28N2O4. The van der Waals surface area contributed by atoms with Gasteiger partial charge in [0, 0.05) is 31.7 Å². The average molecular weight is 372 g/mol. The Kier molecular flexibility index (Phi) is 8.04. The van der Waals surface area contributed by atoms with Gasteiger partial charge in [0.25, 0.3) is 5.91 Å². The summed E-state index contributed by atoms with van der Waals surface area (Å²) in [6.45, 7) is 4.29. The van der Waals surface area contributed by atoms with E-state index in [9.17, 15) is 14.4 Å². The summed E-state index contributed by atoms with van der Waals surface area (Å²) in [5.74, 6) is 0.150. The molecule has 2 N–H and O–H groups in total. The maximum atomic E-state index is 12.1. The molecule has 6 nitrogen and oxygen atoms in total. The number of hydrogen-bond donors (Lipinski definition) is 2. The Bertz CT molecular complexity index is 706. The van der Waals surface area contributed by atoms with Crippen molar-refractivity contribution in [2.75, 3.05) is 13.1 Å². The van der Waals surface area contributed by atoms with Crippen LogP contribution in [0.15, 0.2) is 35.9 Å². The van der Waals surface area contributed by atoms with Gasteiger partial charge in [-0.05, 0) is 50.3 Å². The zero-order valence-corrected chi connectivity index (χ0v) is 16.0. The van der Waals surface area contributed by atoms with E-state index in [-0.39, 0.29) is 11.8 Å². The number of esters is 1. The predicted octanol–water partition coefficient (Wildman–Crippen LogP) is 2.98. The molecule has 2 rings (SSSR count). The Morgan fingerprint density at radius 2 is 1.81 bits per heavy atom. The van der Waals surface area contributed by atoms with Crippen LogP contribution in [-0.2, 0) is 9.59 Å². The highest BCUT2D eigenvalue weighted by atomic mass is 16.5. The molecule has 1 aliphatic rings. The molecule has 1 aromatic rings. The number of amides is 2. The van der Waals surface area contributed by atoms with Crippen molar-refractivity contribution in [3.63, 3.8) is 0 Å². The first-order chi connectivity index (χ1) is 13.0. The first-order valence-corrected chi connectivity index (χ1v) is 9.48. The minimum atomic E-state index is -0.430. The second-order valence-corrected chi connectivity index (χ2v) is 6.89. The predicted molar refractivity (Wildman–Crippen MR) is 103 cm³/mol. The average Bonchev–Trinajstić information content (AvgIpc) is 3.15. The third kappa shape index (κ3) is 7.25. The van der Waals surface area contributed by atoms with Gasteiger partial charge in [0.2, 0.25) is 5.91 Å². The Hall–Kier alpha value is -2.63. The number of carbonyl (C=O) groups is 3. The molecule has 0 aromatic heterocycles. The number of benzene rings is 1. The number of allylic oxidation sites excluding steroid dienone is 1. The molecule has 1 fully saturated rings. The number of ether oxygens (including phenoxy) is 1. The van der Waals surface area contributed by atoms with Crippen LogP contribution in [0.1, 0.15) is 56.3 Å². The minimum absolute atomic E-state index is 0.0696. The van der Waals surface area contributed by atoms with Crippen LogP contribution in [0.25, 0.3) is 0 Å². The summed E-state index contributed by atoms with van der Waals surface area (Å²) in [5, 5.41) is 5.65. The molecule has 0 aliphatic heterocycles. The van der Waals surface area contributed by atoms with Crippen LogP contribution in [-0.4, -0.2) is 30.9 Å². The zero-order valence-electron chi connectivity index (χ0n) is 16.0. The van der Waals surface area contributed by atoms with Gasteiger partial charge >= 0.3 is 5.97 Å². The van der Waals surface area contributed by atoms with Gasteiger partial charge in [-0.1, -0.05) is 24.5 Å². The molecule has 2 amide bonds. The summed E-state index contributed by atoms with van der Waals surface area (Å²) in [7, 11) is 0. The second-order valence-electron chi connectivity index (χ2n) is 6.89. The maximum absolute atomic E-state index is 12.1. The molecule has 0 heterocycles. The standard InChI is InChI=1S/C21H28N2O4/c1-15(17-7-3-4-8-17)13-20(25)22-11-6-12-23-21(26)18-9-5-10-19(14-18)27-16(2)24/h5,9-10,13-14,17H,3-4,6-8,11-12H2,1-2H3,(H,22,25)(H,23,26)/b15-13+.